The molecule has 14 heteroatoms. The Morgan fingerprint density at radius 3 is 2.60 bits per heavy atom. The number of fused-ring (bicyclic) bond motifs is 1. The summed E-state index contributed by atoms with van der Waals surface area (Å²) in [5, 5.41) is 26.3. The first-order chi connectivity index (χ1) is 14.3. The Hall–Kier alpha value is -3.62. The molecule has 9 N–H and O–H groups in total. The van der Waals surface area contributed by atoms with Gasteiger partial charge in [-0.15, -0.1) is 0 Å². The molecule has 0 spiro atoms. The van der Waals surface area contributed by atoms with Crippen LogP contribution in [-0.2, 0) is 4.74 Å². The predicted molar refractivity (Wildman–Crippen MR) is 107 cm³/mol. The van der Waals surface area contributed by atoms with Gasteiger partial charge in [0.1, 0.15) is 23.6 Å². The van der Waals surface area contributed by atoms with Crippen molar-refractivity contribution in [3.05, 3.63) is 30.8 Å². The van der Waals surface area contributed by atoms with Crippen molar-refractivity contribution >= 4 is 41.1 Å². The van der Waals surface area contributed by atoms with E-state index in [1.54, 1.807) is 0 Å². The number of hydrogen-bond donors (Lipinski definition) is 7. The molecule has 2 aliphatic heterocycles. The summed E-state index contributed by atoms with van der Waals surface area (Å²) in [6.07, 6.45) is -2.59. The highest BCUT2D eigenvalue weighted by molar-refractivity contribution is 5.86. The number of aromatic amines is 1. The van der Waals surface area contributed by atoms with Crippen molar-refractivity contribution in [2.24, 2.45) is 10.7 Å². The third-order valence-electron chi connectivity index (χ3n) is 4.73. The second-order valence-corrected chi connectivity index (χ2v) is 6.67. The number of aliphatic hydroxyl groups is 2. The second-order valence-electron chi connectivity index (χ2n) is 6.67. The quantitative estimate of drug-likeness (QED) is 0.178. The Kier molecular flexibility index (Phi) is 4.81. The lowest BCUT2D eigenvalue weighted by atomic mass is 10.1. The number of nitrogen functional groups attached to an aromatic ring is 1. The summed E-state index contributed by atoms with van der Waals surface area (Å²) in [5.41, 5.74) is 9.15. The first-order valence-corrected chi connectivity index (χ1v) is 8.97. The molecule has 0 aliphatic carbocycles. The van der Waals surface area contributed by atoms with Crippen molar-refractivity contribution in [1.82, 2.24) is 9.97 Å². The van der Waals surface area contributed by atoms with Gasteiger partial charge < -0.3 is 37.1 Å². The first-order valence-electron chi connectivity index (χ1n) is 8.97. The molecule has 0 bridgehead atoms. The van der Waals surface area contributed by atoms with E-state index in [2.05, 4.69) is 25.6 Å². The number of aromatic nitrogens is 2. The van der Waals surface area contributed by atoms with E-state index in [-0.39, 0.29) is 47.8 Å². The van der Waals surface area contributed by atoms with Gasteiger partial charge in [-0.05, 0) is 0 Å². The molecule has 3 heterocycles. The summed E-state index contributed by atoms with van der Waals surface area (Å²) < 4.78 is 6.85. The number of hydrogen-bond acceptors (Lipinski definition) is 12. The SMILES string of the molecule is NCCNc1c(NCC2OC(=[N+]3C=Nc4c3nc(N)[nH]c4=O)C(O)C2O)c(=O)c1=O. The summed E-state index contributed by atoms with van der Waals surface area (Å²) in [6.45, 7) is 0.488. The number of ether oxygens (including phenoxy) is 1. The van der Waals surface area contributed by atoms with Crippen LogP contribution in [-0.4, -0.2) is 74.9 Å². The Balaban J connectivity index is 1.55. The predicted octanol–water partition coefficient (Wildman–Crippen LogP) is -3.73. The molecule has 1 aromatic heterocycles. The lowest BCUT2D eigenvalue weighted by molar-refractivity contribution is -0.313. The fourth-order valence-electron chi connectivity index (χ4n) is 3.22. The normalized spacial score (nSPS) is 24.8. The number of nitrogens with one attached hydrogen (secondary N) is 3. The molecule has 158 valence electrons. The van der Waals surface area contributed by atoms with Gasteiger partial charge in [0.05, 0.1) is 6.54 Å². The zero-order chi connectivity index (χ0) is 21.6. The van der Waals surface area contributed by atoms with E-state index >= 15 is 0 Å². The van der Waals surface area contributed by atoms with Crippen LogP contribution in [0, 0.1) is 0 Å². The molecule has 30 heavy (non-hydrogen) atoms. The topological polar surface area (TPSA) is 221 Å². The molecule has 14 nitrogen and oxygen atoms in total. The van der Waals surface area contributed by atoms with Gasteiger partial charge >= 0.3 is 11.4 Å². The number of H-pyrrole nitrogens is 1. The van der Waals surface area contributed by atoms with Crippen LogP contribution in [0.1, 0.15) is 0 Å². The van der Waals surface area contributed by atoms with E-state index in [0.717, 1.165) is 0 Å². The monoisotopic (exact) mass is 419 g/mol. The summed E-state index contributed by atoms with van der Waals surface area (Å²) in [6, 6.07) is 0. The third-order valence-corrected chi connectivity index (χ3v) is 4.73. The van der Waals surface area contributed by atoms with E-state index < -0.39 is 34.7 Å². The van der Waals surface area contributed by atoms with E-state index in [1.807, 2.05) is 0 Å². The molecule has 0 amide bonds. The molecule has 0 radical (unpaired) electrons. The minimum absolute atomic E-state index is 0.0251. The maximum Gasteiger partial charge on any atom is 0.322 e. The van der Waals surface area contributed by atoms with Crippen LogP contribution < -0.4 is 38.5 Å². The lowest BCUT2D eigenvalue weighted by Crippen LogP contribution is -2.41. The number of aliphatic hydroxyl groups excluding tert-OH is 2. The van der Waals surface area contributed by atoms with Gasteiger partial charge in [0, 0.05) is 13.1 Å². The average molecular weight is 419 g/mol. The zero-order valence-electron chi connectivity index (χ0n) is 15.5. The van der Waals surface area contributed by atoms with Gasteiger partial charge in [-0.25, -0.2) is 0 Å². The highest BCUT2D eigenvalue weighted by Gasteiger charge is 2.45. The lowest BCUT2D eigenvalue weighted by Gasteiger charge is -2.18. The maximum absolute atomic E-state index is 11.9. The summed E-state index contributed by atoms with van der Waals surface area (Å²) in [5.74, 6) is -0.221. The number of nitrogens with zero attached hydrogens (tertiary/aromatic N) is 3. The maximum atomic E-state index is 11.9. The molecule has 1 aromatic carbocycles. The van der Waals surface area contributed by atoms with Crippen molar-refractivity contribution in [3.63, 3.8) is 0 Å². The second kappa shape index (κ2) is 7.33. The summed E-state index contributed by atoms with van der Waals surface area (Å²) in [7, 11) is 0. The van der Waals surface area contributed by atoms with Gasteiger partial charge in [-0.2, -0.15) is 4.58 Å². The number of nitrogens with two attached hydrogens (primary N) is 2. The van der Waals surface area contributed by atoms with E-state index in [4.69, 9.17) is 16.2 Å². The number of anilines is 3. The van der Waals surface area contributed by atoms with Crippen LogP contribution >= 0.6 is 0 Å². The number of rotatable bonds is 6. The van der Waals surface area contributed by atoms with Crippen molar-refractivity contribution < 1.29 is 19.5 Å². The van der Waals surface area contributed by atoms with Crippen molar-refractivity contribution in [1.29, 1.82) is 0 Å². The van der Waals surface area contributed by atoms with E-state index in [9.17, 15) is 24.6 Å². The Morgan fingerprint density at radius 1 is 1.20 bits per heavy atom. The molecule has 4 rings (SSSR count). The fourth-order valence-corrected chi connectivity index (χ4v) is 3.22. The van der Waals surface area contributed by atoms with E-state index in [0.29, 0.717) is 6.54 Å². The van der Waals surface area contributed by atoms with Crippen LogP contribution in [0.4, 0.5) is 28.8 Å². The van der Waals surface area contributed by atoms with Crippen LogP contribution in [0.3, 0.4) is 0 Å². The largest absolute Gasteiger partial charge is 0.461 e. The van der Waals surface area contributed by atoms with Crippen LogP contribution in [0.15, 0.2) is 19.4 Å². The molecular formula is C16H19N8O6+. The standard InChI is InChI=1S/C16H18N8O6/c17-1-2-19-6-7(11(27)10(6)26)20-3-5-9(25)12(28)15(30-5)24-4-21-8-13(24)22-16(18)23-14(8)29/h4-5,9,12,25,28H,1-3,17H2,(H4-,18,19,20,22,23,26,27,29)/p+1. The highest BCUT2D eigenvalue weighted by atomic mass is 16.5. The Morgan fingerprint density at radius 2 is 1.90 bits per heavy atom. The van der Waals surface area contributed by atoms with Crippen LogP contribution in [0.5, 0.6) is 0 Å². The van der Waals surface area contributed by atoms with Crippen LogP contribution in [0.2, 0.25) is 0 Å². The Bertz CT molecular complexity index is 1190. The van der Waals surface area contributed by atoms with E-state index in [1.165, 1.54) is 10.9 Å². The molecule has 0 saturated carbocycles. The van der Waals surface area contributed by atoms with Gasteiger partial charge in [0.2, 0.25) is 6.34 Å². The minimum Gasteiger partial charge on any atom is -0.461 e. The van der Waals surface area contributed by atoms with Crippen molar-refractivity contribution in [2.75, 3.05) is 36.0 Å². The highest BCUT2D eigenvalue weighted by Crippen LogP contribution is 2.28. The molecular weight excluding hydrogens is 400 g/mol. The third kappa shape index (κ3) is 3.02. The van der Waals surface area contributed by atoms with Crippen LogP contribution in [0.25, 0.3) is 0 Å². The molecule has 1 fully saturated rings. The Labute approximate surface area is 167 Å². The van der Waals surface area contributed by atoms with Crippen molar-refractivity contribution in [3.8, 4) is 0 Å². The molecule has 1 saturated heterocycles. The summed E-state index contributed by atoms with van der Waals surface area (Å²) in [4.78, 5) is 45.6. The van der Waals surface area contributed by atoms with Crippen molar-refractivity contribution in [2.45, 2.75) is 18.3 Å². The van der Waals surface area contributed by atoms with Gasteiger partial charge in [0.15, 0.2) is 6.10 Å². The average Bonchev–Trinajstić information content (AvgIpc) is 3.25. The van der Waals surface area contributed by atoms with Gasteiger partial charge in [-0.1, -0.05) is 9.98 Å². The fraction of sp³-hybridized carbons (Fsp3) is 0.375. The van der Waals surface area contributed by atoms with Gasteiger partial charge in [-0.3, -0.25) is 19.4 Å². The number of aliphatic imine (C=N–C) groups is 1. The molecule has 3 unspecified atom stereocenters. The minimum atomic E-state index is -1.46. The first kappa shape index (κ1) is 19.7. The van der Waals surface area contributed by atoms with Gasteiger partial charge in [0.25, 0.3) is 28.4 Å². The summed E-state index contributed by atoms with van der Waals surface area (Å²) >= 11 is 0. The molecule has 2 aliphatic rings. The molecule has 2 aromatic rings. The zero-order valence-corrected chi connectivity index (χ0v) is 15.5. The molecule has 3 atom stereocenters. The smallest absolute Gasteiger partial charge is 0.322 e.